The van der Waals surface area contributed by atoms with E-state index >= 15 is 0 Å². The zero-order valence-corrected chi connectivity index (χ0v) is 46.3. The maximum absolute atomic E-state index is 11.4. The Labute approximate surface area is 429 Å². The highest BCUT2D eigenvalue weighted by Gasteiger charge is 2.42. The van der Waals surface area contributed by atoms with Crippen LogP contribution in [-0.4, -0.2) is 38.3 Å². The summed E-state index contributed by atoms with van der Waals surface area (Å²) in [6.45, 7) is 37.3. The molecule has 0 bridgehead atoms. The standard InChI is InChI=1S/C21H31NO.C21H29NO.C19H25NO2.C3H6/c2*1-6-10-17-13-22(19-12-9-8-11-18(17)19)21-16(5)14(3)15(4)20(7-2)23-21;1-5-18-13(3)12(2)14(4)19(22-18)20-10-15(11-21)16-8-6-7-9-17(16)20;1-3-2/h8-9,11-16,20-21H,6-7,10H2,1-5H3;6,8-16,20-21H,7H2,1-5H3;6-14,18-19H,5H2,1-4H3;3H,1H2,2H3/t2*14-,15-,16+,20+,21+;12-,13-,14+,18+,19+;/m000./s1. The summed E-state index contributed by atoms with van der Waals surface area (Å²) in [7, 11) is 0. The van der Waals surface area contributed by atoms with Gasteiger partial charge in [0.2, 0.25) is 0 Å². The molecule has 6 aromatic rings. The van der Waals surface area contributed by atoms with Gasteiger partial charge in [0, 0.05) is 58.1 Å². The summed E-state index contributed by atoms with van der Waals surface area (Å²) in [5.41, 5.74) is 7.15. The molecule has 0 amide bonds. The lowest BCUT2D eigenvalue weighted by Gasteiger charge is -2.44. The highest BCUT2D eigenvalue weighted by Crippen LogP contribution is 2.46. The predicted molar refractivity (Wildman–Crippen MR) is 301 cm³/mol. The molecule has 71 heavy (non-hydrogen) atoms. The number of hydrogen-bond acceptors (Lipinski definition) is 4. The van der Waals surface area contributed by atoms with Gasteiger partial charge in [0.1, 0.15) is 18.7 Å². The molecular formula is C64H91N3O4. The molecule has 0 unspecified atom stereocenters. The van der Waals surface area contributed by atoms with Crippen LogP contribution in [0.2, 0.25) is 0 Å². The minimum absolute atomic E-state index is 0.00486. The molecule has 9 rings (SSSR count). The fraction of sp³-hybridized carbons (Fsp3) is 0.547. The molecule has 0 saturated carbocycles. The van der Waals surface area contributed by atoms with Gasteiger partial charge in [-0.15, -0.1) is 6.58 Å². The average Bonchev–Trinajstić information content (AvgIpc) is 4.07. The molecule has 7 nitrogen and oxygen atoms in total. The van der Waals surface area contributed by atoms with E-state index in [0.717, 1.165) is 48.4 Å². The van der Waals surface area contributed by atoms with Gasteiger partial charge in [0.15, 0.2) is 6.29 Å². The van der Waals surface area contributed by atoms with E-state index in [4.69, 9.17) is 14.2 Å². The van der Waals surface area contributed by atoms with Gasteiger partial charge >= 0.3 is 0 Å². The van der Waals surface area contributed by atoms with Gasteiger partial charge in [-0.2, -0.15) is 0 Å². The average molecular weight is 966 g/mol. The van der Waals surface area contributed by atoms with Crippen LogP contribution in [-0.2, 0) is 20.6 Å². The van der Waals surface area contributed by atoms with Crippen molar-refractivity contribution in [2.24, 2.45) is 53.3 Å². The number of hydrogen-bond donors (Lipinski definition) is 0. The van der Waals surface area contributed by atoms with E-state index in [0.29, 0.717) is 65.5 Å². The Morgan fingerprint density at radius 1 is 0.479 bits per heavy atom. The Kier molecular flexibility index (Phi) is 19.8. The summed E-state index contributed by atoms with van der Waals surface area (Å²) in [6.07, 6.45) is 20.3. The van der Waals surface area contributed by atoms with Crippen molar-refractivity contribution < 1.29 is 19.0 Å². The molecule has 3 aliphatic heterocycles. The number of aldehydes is 1. The van der Waals surface area contributed by atoms with Crippen LogP contribution in [0.3, 0.4) is 0 Å². The van der Waals surface area contributed by atoms with Crippen LogP contribution in [0, 0.1) is 53.3 Å². The highest BCUT2D eigenvalue weighted by atomic mass is 16.5. The zero-order chi connectivity index (χ0) is 51.7. The molecule has 0 spiro atoms. The van der Waals surface area contributed by atoms with Gasteiger partial charge in [-0.3, -0.25) is 4.79 Å². The molecule has 3 saturated heterocycles. The predicted octanol–water partition coefficient (Wildman–Crippen LogP) is 17.6. The maximum atomic E-state index is 11.4. The Bertz CT molecular complexity index is 2640. The SMILES string of the molecule is C=CC.CC=Cc1cn([C@@H]2O[C@H](CC)[C@@H](C)[C@H](C)[C@H]2C)c2ccccc12.CCCc1cn([C@@H]2O[C@H](CC)[C@@H](C)[C@H](C)[C@H]2C)c2ccccc12.CC[C@H]1O[C@@H](n2cc(C=O)c3ccccc32)[C@H](C)[C@@H](C)[C@@H]1C. The van der Waals surface area contributed by atoms with Crippen molar-refractivity contribution in [3.63, 3.8) is 0 Å². The van der Waals surface area contributed by atoms with Gasteiger partial charge in [-0.05, 0) is 104 Å². The summed E-state index contributed by atoms with van der Waals surface area (Å²) in [6, 6.07) is 25.5. The second kappa shape index (κ2) is 25.3. The van der Waals surface area contributed by atoms with Crippen LogP contribution in [0.25, 0.3) is 38.8 Å². The number of aromatic nitrogens is 3. The van der Waals surface area contributed by atoms with Crippen LogP contribution in [0.15, 0.2) is 110 Å². The molecule has 0 aliphatic carbocycles. The molecule has 6 heterocycles. The van der Waals surface area contributed by atoms with Crippen molar-refractivity contribution in [1.82, 2.24) is 13.7 Å². The molecule has 3 aliphatic rings. The van der Waals surface area contributed by atoms with E-state index in [1.165, 1.54) is 39.4 Å². The first-order valence-corrected chi connectivity index (χ1v) is 27.5. The third-order valence-electron chi connectivity index (χ3n) is 17.4. The minimum atomic E-state index is -0.00486. The lowest BCUT2D eigenvalue weighted by atomic mass is 9.77. The molecule has 7 heteroatoms. The fourth-order valence-electron chi connectivity index (χ4n) is 12.1. The van der Waals surface area contributed by atoms with Gasteiger partial charge in [-0.25, -0.2) is 0 Å². The van der Waals surface area contributed by atoms with Crippen molar-refractivity contribution in [3.8, 4) is 0 Å². The number of allylic oxidation sites excluding steroid dienone is 2. The minimum Gasteiger partial charge on any atom is -0.354 e. The molecular weight excluding hydrogens is 875 g/mol. The Morgan fingerprint density at radius 2 is 0.817 bits per heavy atom. The van der Waals surface area contributed by atoms with Crippen LogP contribution < -0.4 is 0 Å². The largest absolute Gasteiger partial charge is 0.354 e. The second-order valence-electron chi connectivity index (χ2n) is 21.5. The number of ether oxygens (including phenoxy) is 3. The summed E-state index contributed by atoms with van der Waals surface area (Å²) >= 11 is 0. The molecule has 386 valence electrons. The lowest BCUT2D eigenvalue weighted by molar-refractivity contribution is -0.166. The molecule has 0 radical (unpaired) electrons. The third kappa shape index (κ3) is 11.6. The topological polar surface area (TPSA) is 59.5 Å². The molecule has 3 aromatic heterocycles. The third-order valence-corrected chi connectivity index (χ3v) is 17.4. The Balaban J connectivity index is 0.000000169. The number of benzene rings is 3. The van der Waals surface area contributed by atoms with E-state index in [1.807, 2.05) is 31.3 Å². The summed E-state index contributed by atoms with van der Waals surface area (Å²) in [5, 5.41) is 3.71. The van der Waals surface area contributed by atoms with E-state index in [9.17, 15) is 4.79 Å². The van der Waals surface area contributed by atoms with E-state index in [-0.39, 0.29) is 24.8 Å². The monoisotopic (exact) mass is 966 g/mol. The van der Waals surface area contributed by atoms with Gasteiger partial charge in [0.25, 0.3) is 0 Å². The quantitative estimate of drug-likeness (QED) is 0.101. The van der Waals surface area contributed by atoms with Crippen molar-refractivity contribution >= 4 is 45.1 Å². The van der Waals surface area contributed by atoms with Crippen molar-refractivity contribution in [3.05, 3.63) is 127 Å². The number of aryl methyl sites for hydroxylation is 1. The first kappa shape index (κ1) is 55.6. The first-order valence-electron chi connectivity index (χ1n) is 27.5. The Hall–Kier alpha value is -4.69. The van der Waals surface area contributed by atoms with Crippen LogP contribution in [0.4, 0.5) is 0 Å². The normalized spacial score (nSPS) is 30.8. The number of carbonyl (C=O) groups is 1. The van der Waals surface area contributed by atoms with Crippen LogP contribution in [0.1, 0.15) is 170 Å². The highest BCUT2D eigenvalue weighted by molar-refractivity contribution is 5.97. The van der Waals surface area contributed by atoms with Gasteiger partial charge < -0.3 is 27.9 Å². The lowest BCUT2D eigenvalue weighted by Crippen LogP contribution is -2.42. The van der Waals surface area contributed by atoms with Crippen LogP contribution >= 0.6 is 0 Å². The molecule has 3 fully saturated rings. The molecule has 15 atom stereocenters. The second-order valence-corrected chi connectivity index (χ2v) is 21.5. The summed E-state index contributed by atoms with van der Waals surface area (Å²) < 4.78 is 26.5. The smallest absolute Gasteiger partial charge is 0.152 e. The van der Waals surface area contributed by atoms with Gasteiger partial charge in [-0.1, -0.05) is 169 Å². The number of nitrogens with zero attached hydrogens (tertiary/aromatic N) is 3. The first-order chi connectivity index (χ1) is 34.2. The van der Waals surface area contributed by atoms with E-state index in [2.05, 4.69) is 196 Å². The van der Waals surface area contributed by atoms with Gasteiger partial charge in [0.05, 0.1) is 34.9 Å². The summed E-state index contributed by atoms with van der Waals surface area (Å²) in [4.78, 5) is 11.4. The van der Waals surface area contributed by atoms with Crippen LogP contribution in [0.5, 0.6) is 0 Å². The van der Waals surface area contributed by atoms with Crippen molar-refractivity contribution in [2.75, 3.05) is 0 Å². The number of fused-ring (bicyclic) bond motifs is 3. The van der Waals surface area contributed by atoms with Crippen molar-refractivity contribution in [1.29, 1.82) is 0 Å². The fourth-order valence-corrected chi connectivity index (χ4v) is 12.1. The molecule has 0 N–H and O–H groups in total. The Morgan fingerprint density at radius 3 is 1.18 bits per heavy atom. The molecule has 3 aromatic carbocycles. The van der Waals surface area contributed by atoms with E-state index in [1.54, 1.807) is 6.08 Å². The number of carbonyl (C=O) groups excluding carboxylic acids is 1. The van der Waals surface area contributed by atoms with Crippen molar-refractivity contribution in [2.45, 2.75) is 173 Å². The zero-order valence-electron chi connectivity index (χ0n) is 46.3. The number of rotatable bonds is 10. The maximum Gasteiger partial charge on any atom is 0.152 e. The number of para-hydroxylation sites is 3. The summed E-state index contributed by atoms with van der Waals surface area (Å²) in [5.74, 6) is 5.16. The van der Waals surface area contributed by atoms with E-state index < -0.39 is 0 Å².